The molecule has 0 amide bonds. The molecule has 0 saturated heterocycles. The van der Waals surface area contributed by atoms with Crippen molar-refractivity contribution in [3.8, 4) is 16.9 Å². The van der Waals surface area contributed by atoms with Crippen LogP contribution in [0.5, 0.6) is 5.75 Å². The second-order valence-corrected chi connectivity index (χ2v) is 7.60. The van der Waals surface area contributed by atoms with Gasteiger partial charge in [0, 0.05) is 31.0 Å². The Balaban J connectivity index is 1.38. The summed E-state index contributed by atoms with van der Waals surface area (Å²) in [7, 11) is 1.39. The fourth-order valence-corrected chi connectivity index (χ4v) is 3.85. The minimum atomic E-state index is -0.595. The molecule has 6 nitrogen and oxygen atoms in total. The molecule has 0 saturated carbocycles. The summed E-state index contributed by atoms with van der Waals surface area (Å²) in [4.78, 5) is 16.1. The lowest BCUT2D eigenvalue weighted by molar-refractivity contribution is 0.0601. The number of aliphatic hydroxyl groups is 1. The van der Waals surface area contributed by atoms with Crippen LogP contribution in [0.3, 0.4) is 0 Å². The molecule has 2 atom stereocenters. The monoisotopic (exact) mass is 418 g/mol. The van der Waals surface area contributed by atoms with Crippen LogP contribution in [0.1, 0.15) is 34.0 Å². The van der Waals surface area contributed by atoms with Crippen LogP contribution in [-0.2, 0) is 11.2 Å². The summed E-state index contributed by atoms with van der Waals surface area (Å²) >= 11 is 0. The zero-order chi connectivity index (χ0) is 21.6. The van der Waals surface area contributed by atoms with Gasteiger partial charge in [-0.15, -0.1) is 0 Å². The van der Waals surface area contributed by atoms with Crippen LogP contribution < -0.4 is 10.1 Å². The van der Waals surface area contributed by atoms with Gasteiger partial charge in [0.15, 0.2) is 0 Å². The molecule has 6 heteroatoms. The summed E-state index contributed by atoms with van der Waals surface area (Å²) in [6.45, 7) is 1.10. The molecule has 0 bridgehead atoms. The summed E-state index contributed by atoms with van der Waals surface area (Å²) in [5.74, 6) is 0.523. The highest BCUT2D eigenvalue weighted by Crippen LogP contribution is 2.33. The Bertz CT molecular complexity index is 1040. The molecule has 4 rings (SSSR count). The number of nitrogens with one attached hydrogen (secondary N) is 1. The Morgan fingerprint density at radius 3 is 2.94 bits per heavy atom. The molecule has 1 aromatic heterocycles. The summed E-state index contributed by atoms with van der Waals surface area (Å²) in [5, 5.41) is 13.5. The molecule has 160 valence electrons. The third kappa shape index (κ3) is 4.93. The first kappa shape index (κ1) is 21.0. The standard InChI is InChI=1S/C25H26N2O4/c1-30-25(29)22-7-3-2-6-21(22)17-9-11-24-18(13-17)8-10-20(31-24)15-27-16-23(28)19-5-4-12-26-14-19/h2-7,9,11-14,20,23,27-28H,8,10,15-16H2,1H3. The van der Waals surface area contributed by atoms with Gasteiger partial charge < -0.3 is 19.9 Å². The lowest BCUT2D eigenvalue weighted by Gasteiger charge is -2.27. The van der Waals surface area contributed by atoms with Crippen molar-refractivity contribution in [2.24, 2.45) is 0 Å². The van der Waals surface area contributed by atoms with Crippen molar-refractivity contribution in [1.29, 1.82) is 0 Å². The van der Waals surface area contributed by atoms with E-state index in [1.165, 1.54) is 7.11 Å². The molecular weight excluding hydrogens is 392 g/mol. The van der Waals surface area contributed by atoms with Gasteiger partial charge in [0.25, 0.3) is 0 Å². The SMILES string of the molecule is COC(=O)c1ccccc1-c1ccc2c(c1)CCC(CNCC(O)c1cccnc1)O2. The number of benzene rings is 2. The third-order valence-corrected chi connectivity index (χ3v) is 5.51. The maximum atomic E-state index is 12.1. The normalized spacial score (nSPS) is 16.1. The van der Waals surface area contributed by atoms with E-state index in [4.69, 9.17) is 9.47 Å². The largest absolute Gasteiger partial charge is 0.489 e. The Morgan fingerprint density at radius 2 is 2.13 bits per heavy atom. The zero-order valence-corrected chi connectivity index (χ0v) is 17.5. The first-order valence-corrected chi connectivity index (χ1v) is 10.4. The maximum Gasteiger partial charge on any atom is 0.338 e. The van der Waals surface area contributed by atoms with Gasteiger partial charge in [0.1, 0.15) is 11.9 Å². The van der Waals surface area contributed by atoms with Gasteiger partial charge in [-0.2, -0.15) is 0 Å². The van der Waals surface area contributed by atoms with E-state index in [-0.39, 0.29) is 12.1 Å². The number of aromatic nitrogens is 1. The number of hydrogen-bond acceptors (Lipinski definition) is 6. The lowest BCUT2D eigenvalue weighted by atomic mass is 9.94. The number of aryl methyl sites for hydroxylation is 1. The van der Waals surface area contributed by atoms with Gasteiger partial charge in [0.05, 0.1) is 18.8 Å². The van der Waals surface area contributed by atoms with Crippen molar-refractivity contribution in [2.75, 3.05) is 20.2 Å². The van der Waals surface area contributed by atoms with Crippen LogP contribution in [-0.4, -0.2) is 42.4 Å². The second kappa shape index (κ2) is 9.73. The fourth-order valence-electron chi connectivity index (χ4n) is 3.85. The number of aliphatic hydroxyl groups excluding tert-OH is 1. The van der Waals surface area contributed by atoms with Crippen LogP contribution in [0, 0.1) is 0 Å². The number of methoxy groups -OCH3 is 1. The molecule has 2 N–H and O–H groups in total. The molecule has 2 aromatic carbocycles. The van der Waals surface area contributed by atoms with Crippen molar-refractivity contribution in [3.05, 3.63) is 83.7 Å². The molecule has 2 unspecified atom stereocenters. The van der Waals surface area contributed by atoms with E-state index in [2.05, 4.69) is 16.4 Å². The molecule has 1 aliphatic heterocycles. The molecule has 0 spiro atoms. The van der Waals surface area contributed by atoms with Crippen molar-refractivity contribution in [3.63, 3.8) is 0 Å². The van der Waals surface area contributed by atoms with Gasteiger partial charge in [0.2, 0.25) is 0 Å². The first-order chi connectivity index (χ1) is 15.2. The highest BCUT2D eigenvalue weighted by atomic mass is 16.5. The summed E-state index contributed by atoms with van der Waals surface area (Å²) < 4.78 is 11.1. The summed E-state index contributed by atoms with van der Waals surface area (Å²) in [6.07, 6.45) is 4.59. The number of esters is 1. The Hall–Kier alpha value is -3.22. The van der Waals surface area contributed by atoms with Crippen molar-refractivity contribution in [2.45, 2.75) is 25.0 Å². The average Bonchev–Trinajstić information content (AvgIpc) is 2.83. The number of hydrogen-bond donors (Lipinski definition) is 2. The molecule has 3 aromatic rings. The van der Waals surface area contributed by atoms with Crippen LogP contribution in [0.4, 0.5) is 0 Å². The number of fused-ring (bicyclic) bond motifs is 1. The quantitative estimate of drug-likeness (QED) is 0.571. The highest BCUT2D eigenvalue weighted by molar-refractivity contribution is 5.97. The smallest absolute Gasteiger partial charge is 0.338 e. The highest BCUT2D eigenvalue weighted by Gasteiger charge is 2.21. The minimum absolute atomic E-state index is 0.0433. The molecule has 0 fully saturated rings. The predicted octanol–water partition coefficient (Wildman–Crippen LogP) is 3.55. The van der Waals surface area contributed by atoms with E-state index < -0.39 is 6.10 Å². The number of carbonyl (C=O) groups excluding carboxylic acids is 1. The maximum absolute atomic E-state index is 12.1. The Labute approximate surface area is 181 Å². The Kier molecular flexibility index (Phi) is 6.60. The van der Waals surface area contributed by atoms with Gasteiger partial charge in [-0.05, 0) is 53.8 Å². The predicted molar refractivity (Wildman–Crippen MR) is 118 cm³/mol. The van der Waals surface area contributed by atoms with E-state index in [1.54, 1.807) is 18.5 Å². The second-order valence-electron chi connectivity index (χ2n) is 7.60. The van der Waals surface area contributed by atoms with Gasteiger partial charge in [-0.3, -0.25) is 4.98 Å². The van der Waals surface area contributed by atoms with E-state index in [1.807, 2.05) is 42.5 Å². The van der Waals surface area contributed by atoms with E-state index in [0.29, 0.717) is 18.7 Å². The number of rotatable bonds is 7. The molecular formula is C25H26N2O4. The summed E-state index contributed by atoms with van der Waals surface area (Å²) in [5.41, 5.74) is 4.30. The van der Waals surface area contributed by atoms with Crippen LogP contribution in [0.15, 0.2) is 67.0 Å². The lowest BCUT2D eigenvalue weighted by Crippen LogP contribution is -2.36. The number of carbonyl (C=O) groups is 1. The van der Waals surface area contributed by atoms with Crippen LogP contribution >= 0.6 is 0 Å². The van der Waals surface area contributed by atoms with Crippen molar-refractivity contribution < 1.29 is 19.4 Å². The average molecular weight is 418 g/mol. The minimum Gasteiger partial charge on any atom is -0.489 e. The topological polar surface area (TPSA) is 80.7 Å². The number of ether oxygens (including phenoxy) is 2. The number of nitrogens with zero attached hydrogens (tertiary/aromatic N) is 1. The van der Waals surface area contributed by atoms with Crippen LogP contribution in [0.25, 0.3) is 11.1 Å². The molecule has 0 aliphatic carbocycles. The summed E-state index contributed by atoms with van der Waals surface area (Å²) in [6, 6.07) is 17.2. The number of pyridine rings is 1. The van der Waals surface area contributed by atoms with E-state index >= 15 is 0 Å². The fraction of sp³-hybridized carbons (Fsp3) is 0.280. The van der Waals surface area contributed by atoms with E-state index in [9.17, 15) is 9.90 Å². The van der Waals surface area contributed by atoms with E-state index in [0.717, 1.165) is 40.8 Å². The Morgan fingerprint density at radius 1 is 1.26 bits per heavy atom. The zero-order valence-electron chi connectivity index (χ0n) is 17.5. The van der Waals surface area contributed by atoms with Crippen LogP contribution in [0.2, 0.25) is 0 Å². The van der Waals surface area contributed by atoms with Gasteiger partial charge >= 0.3 is 5.97 Å². The van der Waals surface area contributed by atoms with Crippen molar-refractivity contribution >= 4 is 5.97 Å². The molecule has 2 heterocycles. The van der Waals surface area contributed by atoms with Crippen molar-refractivity contribution in [1.82, 2.24) is 10.3 Å². The van der Waals surface area contributed by atoms with Gasteiger partial charge in [-0.1, -0.05) is 30.3 Å². The van der Waals surface area contributed by atoms with Gasteiger partial charge in [-0.25, -0.2) is 4.79 Å². The molecule has 31 heavy (non-hydrogen) atoms. The first-order valence-electron chi connectivity index (χ1n) is 10.4. The molecule has 0 radical (unpaired) electrons. The third-order valence-electron chi connectivity index (χ3n) is 5.51. The molecule has 1 aliphatic rings.